The highest BCUT2D eigenvalue weighted by Gasteiger charge is 2.40. The van der Waals surface area contributed by atoms with Gasteiger partial charge < -0.3 is 5.11 Å². The van der Waals surface area contributed by atoms with Crippen molar-refractivity contribution in [1.82, 2.24) is 4.90 Å². The zero-order chi connectivity index (χ0) is 8.72. The van der Waals surface area contributed by atoms with E-state index >= 15 is 0 Å². The molecule has 70 valence electrons. The van der Waals surface area contributed by atoms with E-state index in [-0.39, 0.29) is 6.10 Å². The Bertz CT molecular complexity index is 155. The lowest BCUT2D eigenvalue weighted by atomic mass is 9.98. The molecule has 12 heavy (non-hydrogen) atoms. The van der Waals surface area contributed by atoms with Gasteiger partial charge in [-0.15, -0.1) is 0 Å². The monoisotopic (exact) mass is 169 g/mol. The van der Waals surface area contributed by atoms with E-state index in [2.05, 4.69) is 18.7 Å². The minimum atomic E-state index is -0.0162. The number of piperidine rings is 1. The molecule has 0 aromatic rings. The number of hydrogen-bond donors (Lipinski definition) is 1. The molecule has 1 N–H and O–H groups in total. The molecule has 0 radical (unpaired) electrons. The van der Waals surface area contributed by atoms with Crippen LogP contribution in [0.15, 0.2) is 0 Å². The molecular formula is C10H19NO. The number of aliphatic hydroxyl groups excluding tert-OH is 1. The molecule has 0 spiro atoms. The summed E-state index contributed by atoms with van der Waals surface area (Å²) in [4.78, 5) is 2.60. The first-order valence-corrected chi connectivity index (χ1v) is 5.14. The molecule has 2 fully saturated rings. The van der Waals surface area contributed by atoms with E-state index in [1.54, 1.807) is 0 Å². The van der Waals surface area contributed by atoms with Gasteiger partial charge in [-0.2, -0.15) is 0 Å². The molecule has 2 aliphatic heterocycles. The summed E-state index contributed by atoms with van der Waals surface area (Å²) in [6.45, 7) is 4.53. The third-order valence-corrected chi connectivity index (χ3v) is 3.36. The van der Waals surface area contributed by atoms with Crippen LogP contribution in [0.3, 0.4) is 0 Å². The van der Waals surface area contributed by atoms with Gasteiger partial charge in [0.1, 0.15) is 0 Å². The molecule has 2 rings (SSSR count). The van der Waals surface area contributed by atoms with Gasteiger partial charge in [0.15, 0.2) is 0 Å². The maximum atomic E-state index is 9.56. The highest BCUT2D eigenvalue weighted by atomic mass is 16.3. The van der Waals surface area contributed by atoms with Crippen LogP contribution in [0.2, 0.25) is 0 Å². The molecule has 2 heteroatoms. The topological polar surface area (TPSA) is 23.5 Å². The molecule has 2 aliphatic rings. The molecule has 0 saturated carbocycles. The highest BCUT2D eigenvalue weighted by Crippen LogP contribution is 2.36. The van der Waals surface area contributed by atoms with Crippen LogP contribution in [0.4, 0.5) is 0 Å². The lowest BCUT2D eigenvalue weighted by molar-refractivity contribution is 0.0187. The Hall–Kier alpha value is -0.0800. The number of aliphatic hydroxyl groups is 1. The first kappa shape index (κ1) is 8.52. The van der Waals surface area contributed by atoms with Gasteiger partial charge in [0.05, 0.1) is 6.10 Å². The van der Waals surface area contributed by atoms with Gasteiger partial charge in [0.25, 0.3) is 0 Å². The van der Waals surface area contributed by atoms with Crippen LogP contribution in [0.1, 0.15) is 39.5 Å². The maximum absolute atomic E-state index is 9.56. The summed E-state index contributed by atoms with van der Waals surface area (Å²) in [5.74, 6) is 0. The molecule has 0 aromatic heterocycles. The Morgan fingerprint density at radius 3 is 2.08 bits per heavy atom. The van der Waals surface area contributed by atoms with Crippen LogP contribution < -0.4 is 0 Å². The average Bonchev–Trinajstić information content (AvgIpc) is 2.24. The number of fused-ring (bicyclic) bond motifs is 2. The minimum Gasteiger partial charge on any atom is -0.393 e. The Kier molecular flexibility index (Phi) is 2.13. The standard InChI is InChI=1S/C10H19NO/c1-7(2)11-8-3-4-9(11)6-10(12)5-8/h7-10,12H,3-6H2,1-2H3/t8-,9-/m1/s1. The van der Waals surface area contributed by atoms with Gasteiger partial charge in [-0.3, -0.25) is 4.90 Å². The average molecular weight is 169 g/mol. The number of hydrogen-bond acceptors (Lipinski definition) is 2. The fourth-order valence-electron chi connectivity index (χ4n) is 3.03. The molecule has 2 atom stereocenters. The van der Waals surface area contributed by atoms with Crippen molar-refractivity contribution < 1.29 is 5.11 Å². The van der Waals surface area contributed by atoms with Crippen LogP contribution in [-0.4, -0.2) is 34.2 Å². The predicted octanol–water partition coefficient (Wildman–Crippen LogP) is 1.38. The second-order valence-electron chi connectivity index (χ2n) is 4.55. The summed E-state index contributed by atoms with van der Waals surface area (Å²) in [6.07, 6.45) is 4.61. The largest absolute Gasteiger partial charge is 0.393 e. The van der Waals surface area contributed by atoms with E-state index in [0.717, 1.165) is 12.8 Å². The van der Waals surface area contributed by atoms with Crippen molar-refractivity contribution >= 4 is 0 Å². The van der Waals surface area contributed by atoms with Crippen molar-refractivity contribution in [2.45, 2.75) is 63.8 Å². The first-order chi connectivity index (χ1) is 5.68. The molecule has 0 aliphatic carbocycles. The van der Waals surface area contributed by atoms with Crippen molar-refractivity contribution in [2.75, 3.05) is 0 Å². The SMILES string of the molecule is CC(C)N1[C@@H]2CC[C@@H]1CC(O)C2. The second-order valence-corrected chi connectivity index (χ2v) is 4.55. The van der Waals surface area contributed by atoms with Crippen molar-refractivity contribution in [1.29, 1.82) is 0 Å². The first-order valence-electron chi connectivity index (χ1n) is 5.14. The molecule has 2 heterocycles. The van der Waals surface area contributed by atoms with E-state index < -0.39 is 0 Å². The number of rotatable bonds is 1. The highest BCUT2D eigenvalue weighted by molar-refractivity contribution is 4.96. The van der Waals surface area contributed by atoms with Gasteiger partial charge in [-0.05, 0) is 39.5 Å². The zero-order valence-electron chi connectivity index (χ0n) is 8.03. The lowest BCUT2D eigenvalue weighted by Crippen LogP contribution is -2.48. The Morgan fingerprint density at radius 1 is 1.17 bits per heavy atom. The minimum absolute atomic E-state index is 0.0162. The molecular weight excluding hydrogens is 150 g/mol. The lowest BCUT2D eigenvalue weighted by Gasteiger charge is -2.39. The third kappa shape index (κ3) is 1.27. The van der Waals surface area contributed by atoms with Gasteiger partial charge in [-0.25, -0.2) is 0 Å². The van der Waals surface area contributed by atoms with Crippen molar-refractivity contribution in [3.63, 3.8) is 0 Å². The zero-order valence-corrected chi connectivity index (χ0v) is 8.03. The summed E-state index contributed by atoms with van der Waals surface area (Å²) in [6, 6.07) is 2.02. The molecule has 2 saturated heterocycles. The molecule has 0 aromatic carbocycles. The van der Waals surface area contributed by atoms with Crippen LogP contribution in [0, 0.1) is 0 Å². The van der Waals surface area contributed by atoms with E-state index in [9.17, 15) is 5.11 Å². The summed E-state index contributed by atoms with van der Waals surface area (Å²) >= 11 is 0. The predicted molar refractivity (Wildman–Crippen MR) is 49.0 cm³/mol. The third-order valence-electron chi connectivity index (χ3n) is 3.36. The summed E-state index contributed by atoms with van der Waals surface area (Å²) in [7, 11) is 0. The summed E-state index contributed by atoms with van der Waals surface area (Å²) in [5, 5.41) is 9.56. The van der Waals surface area contributed by atoms with E-state index in [1.165, 1.54) is 12.8 Å². The van der Waals surface area contributed by atoms with Gasteiger partial charge in [-0.1, -0.05) is 0 Å². The molecule has 0 amide bonds. The van der Waals surface area contributed by atoms with E-state index in [4.69, 9.17) is 0 Å². The van der Waals surface area contributed by atoms with Crippen molar-refractivity contribution in [2.24, 2.45) is 0 Å². The molecule has 2 nitrogen and oxygen atoms in total. The molecule has 0 unspecified atom stereocenters. The Balaban J connectivity index is 2.09. The van der Waals surface area contributed by atoms with E-state index in [1.807, 2.05) is 0 Å². The van der Waals surface area contributed by atoms with Gasteiger partial charge >= 0.3 is 0 Å². The van der Waals surface area contributed by atoms with E-state index in [0.29, 0.717) is 18.1 Å². The fraction of sp³-hybridized carbons (Fsp3) is 1.00. The smallest absolute Gasteiger partial charge is 0.0570 e. The second kappa shape index (κ2) is 3.00. The van der Waals surface area contributed by atoms with Crippen molar-refractivity contribution in [3.8, 4) is 0 Å². The summed E-state index contributed by atoms with van der Waals surface area (Å²) in [5.41, 5.74) is 0. The van der Waals surface area contributed by atoms with Gasteiger partial charge in [0.2, 0.25) is 0 Å². The Morgan fingerprint density at radius 2 is 1.67 bits per heavy atom. The Labute approximate surface area is 74.6 Å². The summed E-state index contributed by atoms with van der Waals surface area (Å²) < 4.78 is 0. The quantitative estimate of drug-likeness (QED) is 0.641. The van der Waals surface area contributed by atoms with Crippen LogP contribution in [-0.2, 0) is 0 Å². The fourth-order valence-corrected chi connectivity index (χ4v) is 3.03. The maximum Gasteiger partial charge on any atom is 0.0570 e. The normalized spacial score (nSPS) is 42.5. The van der Waals surface area contributed by atoms with Crippen LogP contribution >= 0.6 is 0 Å². The van der Waals surface area contributed by atoms with Crippen LogP contribution in [0.5, 0.6) is 0 Å². The van der Waals surface area contributed by atoms with Crippen LogP contribution in [0.25, 0.3) is 0 Å². The molecule has 2 bridgehead atoms. The van der Waals surface area contributed by atoms with Gasteiger partial charge in [0, 0.05) is 18.1 Å². The number of nitrogens with zero attached hydrogens (tertiary/aromatic N) is 1. The van der Waals surface area contributed by atoms with Crippen molar-refractivity contribution in [3.05, 3.63) is 0 Å².